The summed E-state index contributed by atoms with van der Waals surface area (Å²) in [7, 11) is 0. The van der Waals surface area contributed by atoms with E-state index in [1.165, 1.54) is 5.56 Å². The van der Waals surface area contributed by atoms with Crippen molar-refractivity contribution in [1.29, 1.82) is 0 Å². The minimum Gasteiger partial charge on any atom is -0.439 e. The summed E-state index contributed by atoms with van der Waals surface area (Å²) in [5.74, 6) is 1.17. The number of nitrogens with zero attached hydrogens (tertiary/aromatic N) is 1. The van der Waals surface area contributed by atoms with E-state index in [1.54, 1.807) is 18.3 Å². The number of hydrogen-bond acceptors (Lipinski definition) is 3. The molecule has 0 bridgehead atoms. The highest BCUT2D eigenvalue weighted by Crippen LogP contribution is 2.26. The van der Waals surface area contributed by atoms with Crippen LogP contribution in [0.25, 0.3) is 0 Å². The van der Waals surface area contributed by atoms with Crippen LogP contribution in [0.15, 0.2) is 65.3 Å². The lowest BCUT2D eigenvalue weighted by Crippen LogP contribution is -2.14. The van der Waals surface area contributed by atoms with Gasteiger partial charge in [0.05, 0.1) is 18.3 Å². The van der Waals surface area contributed by atoms with Crippen LogP contribution in [0.3, 0.4) is 0 Å². The zero-order valence-electron chi connectivity index (χ0n) is 14.6. The van der Waals surface area contributed by atoms with E-state index in [4.69, 9.17) is 4.74 Å². The quantitative estimate of drug-likeness (QED) is 0.609. The molecular formula is C21H19BrN2O2. The van der Waals surface area contributed by atoms with Crippen molar-refractivity contribution < 1.29 is 9.53 Å². The van der Waals surface area contributed by atoms with Crippen molar-refractivity contribution in [3.05, 3.63) is 82.0 Å². The van der Waals surface area contributed by atoms with Crippen molar-refractivity contribution in [1.82, 2.24) is 4.98 Å². The van der Waals surface area contributed by atoms with E-state index in [2.05, 4.69) is 26.2 Å². The smallest absolute Gasteiger partial charge is 0.228 e. The van der Waals surface area contributed by atoms with E-state index in [1.807, 2.05) is 56.3 Å². The second kappa shape index (κ2) is 8.15. The minimum absolute atomic E-state index is 0.0955. The van der Waals surface area contributed by atoms with E-state index in [9.17, 15) is 4.79 Å². The Hall–Kier alpha value is -2.66. The number of benzene rings is 2. The number of aryl methyl sites for hydroxylation is 1. The van der Waals surface area contributed by atoms with Gasteiger partial charge in [-0.3, -0.25) is 4.79 Å². The summed E-state index contributed by atoms with van der Waals surface area (Å²) in [6, 6.07) is 17.1. The maximum atomic E-state index is 12.2. The zero-order chi connectivity index (χ0) is 18.5. The molecule has 0 atom stereocenters. The van der Waals surface area contributed by atoms with Crippen LogP contribution in [0.4, 0.5) is 5.69 Å². The Morgan fingerprint density at radius 1 is 1.08 bits per heavy atom. The summed E-state index contributed by atoms with van der Waals surface area (Å²) in [4.78, 5) is 16.5. The summed E-state index contributed by atoms with van der Waals surface area (Å²) in [5.41, 5.74) is 3.82. The third-order valence-electron chi connectivity index (χ3n) is 4.10. The summed E-state index contributed by atoms with van der Waals surface area (Å²) in [6.45, 7) is 4.06. The molecule has 0 unspecified atom stereocenters. The van der Waals surface area contributed by atoms with Crippen molar-refractivity contribution >= 4 is 27.5 Å². The largest absolute Gasteiger partial charge is 0.439 e. The second-order valence-corrected chi connectivity index (χ2v) is 6.86. The highest BCUT2D eigenvalue weighted by molar-refractivity contribution is 9.10. The third-order valence-corrected chi connectivity index (χ3v) is 4.87. The number of pyridine rings is 1. The molecule has 1 heterocycles. The van der Waals surface area contributed by atoms with Gasteiger partial charge in [-0.15, -0.1) is 0 Å². The number of halogens is 1. The Morgan fingerprint density at radius 2 is 1.88 bits per heavy atom. The molecule has 2 aromatic carbocycles. The molecule has 0 saturated heterocycles. The van der Waals surface area contributed by atoms with Crippen LogP contribution in [0.5, 0.6) is 11.6 Å². The van der Waals surface area contributed by atoms with Gasteiger partial charge in [0.1, 0.15) is 5.75 Å². The van der Waals surface area contributed by atoms with E-state index >= 15 is 0 Å². The molecule has 0 aliphatic heterocycles. The summed E-state index contributed by atoms with van der Waals surface area (Å²) in [5, 5.41) is 2.85. The van der Waals surface area contributed by atoms with Gasteiger partial charge in [0.2, 0.25) is 11.8 Å². The molecular weight excluding hydrogens is 392 g/mol. The van der Waals surface area contributed by atoms with Crippen LogP contribution in [0, 0.1) is 13.8 Å². The molecule has 0 fully saturated rings. The summed E-state index contributed by atoms with van der Waals surface area (Å²) in [6.07, 6.45) is 1.89. The SMILES string of the molecule is Cc1cccc(Oc2ccc(NC(=O)Cc3ccccc3Br)cn2)c1C. The molecule has 1 aromatic heterocycles. The topological polar surface area (TPSA) is 51.2 Å². The summed E-state index contributed by atoms with van der Waals surface area (Å²) >= 11 is 3.45. The number of aromatic nitrogens is 1. The number of amides is 1. The van der Waals surface area contributed by atoms with Gasteiger partial charge in [0.25, 0.3) is 0 Å². The Morgan fingerprint density at radius 3 is 2.62 bits per heavy atom. The van der Waals surface area contributed by atoms with E-state index in [0.29, 0.717) is 18.0 Å². The standard InChI is InChI=1S/C21H19BrN2O2/c1-14-6-5-9-19(15(14)2)26-21-11-10-17(13-23-21)24-20(25)12-16-7-3-4-8-18(16)22/h3-11,13H,12H2,1-2H3,(H,24,25). The fourth-order valence-electron chi connectivity index (χ4n) is 2.48. The number of ether oxygens (including phenoxy) is 1. The average molecular weight is 411 g/mol. The molecule has 26 heavy (non-hydrogen) atoms. The molecule has 0 aliphatic rings. The van der Waals surface area contributed by atoms with Crippen LogP contribution in [0.1, 0.15) is 16.7 Å². The fourth-order valence-corrected chi connectivity index (χ4v) is 2.91. The molecule has 4 nitrogen and oxygen atoms in total. The highest BCUT2D eigenvalue weighted by Gasteiger charge is 2.08. The maximum absolute atomic E-state index is 12.2. The predicted molar refractivity (Wildman–Crippen MR) is 107 cm³/mol. The van der Waals surface area contributed by atoms with Crippen LogP contribution >= 0.6 is 15.9 Å². The molecule has 3 aromatic rings. The van der Waals surface area contributed by atoms with Gasteiger partial charge in [-0.25, -0.2) is 4.98 Å². The van der Waals surface area contributed by atoms with Crippen LogP contribution < -0.4 is 10.1 Å². The molecule has 0 radical (unpaired) electrons. The molecule has 1 N–H and O–H groups in total. The van der Waals surface area contributed by atoms with Crippen molar-refractivity contribution in [3.63, 3.8) is 0 Å². The average Bonchev–Trinajstić information content (AvgIpc) is 2.62. The fraction of sp³-hybridized carbons (Fsp3) is 0.143. The van der Waals surface area contributed by atoms with E-state index in [0.717, 1.165) is 21.3 Å². The normalized spacial score (nSPS) is 10.4. The maximum Gasteiger partial charge on any atom is 0.228 e. The number of carbonyl (C=O) groups is 1. The lowest BCUT2D eigenvalue weighted by molar-refractivity contribution is -0.115. The first-order chi connectivity index (χ1) is 12.5. The number of nitrogens with one attached hydrogen (secondary N) is 1. The van der Waals surface area contributed by atoms with Crippen molar-refractivity contribution in [2.45, 2.75) is 20.3 Å². The molecule has 0 saturated carbocycles. The van der Waals surface area contributed by atoms with Gasteiger partial charge >= 0.3 is 0 Å². The van der Waals surface area contributed by atoms with Gasteiger partial charge in [-0.2, -0.15) is 0 Å². The first-order valence-corrected chi connectivity index (χ1v) is 9.05. The highest BCUT2D eigenvalue weighted by atomic mass is 79.9. The lowest BCUT2D eigenvalue weighted by atomic mass is 10.1. The number of anilines is 1. The lowest BCUT2D eigenvalue weighted by Gasteiger charge is -2.10. The van der Waals surface area contributed by atoms with Crippen LogP contribution in [-0.4, -0.2) is 10.9 Å². The number of carbonyl (C=O) groups excluding carboxylic acids is 1. The van der Waals surface area contributed by atoms with Gasteiger partial charge in [0, 0.05) is 10.5 Å². The van der Waals surface area contributed by atoms with Crippen LogP contribution in [0.2, 0.25) is 0 Å². The van der Waals surface area contributed by atoms with Gasteiger partial charge in [0.15, 0.2) is 0 Å². The van der Waals surface area contributed by atoms with Gasteiger partial charge in [-0.05, 0) is 48.7 Å². The Balaban J connectivity index is 1.63. The predicted octanol–water partition coefficient (Wildman–Crippen LogP) is 5.43. The van der Waals surface area contributed by atoms with Crippen LogP contribution in [-0.2, 0) is 11.2 Å². The third kappa shape index (κ3) is 4.49. The number of hydrogen-bond donors (Lipinski definition) is 1. The van der Waals surface area contributed by atoms with Crippen molar-refractivity contribution in [2.24, 2.45) is 0 Å². The summed E-state index contributed by atoms with van der Waals surface area (Å²) < 4.78 is 6.75. The van der Waals surface area contributed by atoms with Crippen molar-refractivity contribution in [2.75, 3.05) is 5.32 Å². The van der Waals surface area contributed by atoms with Crippen molar-refractivity contribution in [3.8, 4) is 11.6 Å². The van der Waals surface area contributed by atoms with E-state index in [-0.39, 0.29) is 5.91 Å². The molecule has 0 spiro atoms. The zero-order valence-corrected chi connectivity index (χ0v) is 16.2. The Bertz CT molecular complexity index is 924. The minimum atomic E-state index is -0.0955. The monoisotopic (exact) mass is 410 g/mol. The van der Waals surface area contributed by atoms with Gasteiger partial charge < -0.3 is 10.1 Å². The Labute approximate surface area is 161 Å². The first kappa shape index (κ1) is 18.1. The molecule has 1 amide bonds. The molecule has 132 valence electrons. The Kier molecular flexibility index (Phi) is 5.68. The van der Waals surface area contributed by atoms with E-state index < -0.39 is 0 Å². The van der Waals surface area contributed by atoms with Gasteiger partial charge in [-0.1, -0.05) is 46.3 Å². The molecule has 5 heteroatoms. The molecule has 3 rings (SSSR count). The first-order valence-electron chi connectivity index (χ1n) is 8.26. The molecule has 0 aliphatic carbocycles. The number of rotatable bonds is 5. The second-order valence-electron chi connectivity index (χ2n) is 6.00.